The minimum atomic E-state index is -0.420. The summed E-state index contributed by atoms with van der Waals surface area (Å²) in [5.41, 5.74) is 0.345. The minimum absolute atomic E-state index is 0.345. The SMILES string of the molecule is NN=Cc1ccncc1F. The van der Waals surface area contributed by atoms with Gasteiger partial charge >= 0.3 is 0 Å². The van der Waals surface area contributed by atoms with Crippen LogP contribution in [0.3, 0.4) is 0 Å². The van der Waals surface area contributed by atoms with Gasteiger partial charge in [-0.25, -0.2) is 4.39 Å². The fraction of sp³-hybridized carbons (Fsp3) is 0. The third-order valence-corrected chi connectivity index (χ3v) is 1.02. The van der Waals surface area contributed by atoms with E-state index in [2.05, 4.69) is 10.1 Å². The van der Waals surface area contributed by atoms with Crippen LogP contribution in [0.5, 0.6) is 0 Å². The summed E-state index contributed by atoms with van der Waals surface area (Å²) < 4.78 is 12.6. The van der Waals surface area contributed by atoms with Crippen molar-refractivity contribution < 1.29 is 4.39 Å². The molecular formula is C6H6FN3. The fourth-order valence-electron chi connectivity index (χ4n) is 0.571. The first-order valence-corrected chi connectivity index (χ1v) is 2.67. The number of hydrogen-bond donors (Lipinski definition) is 1. The lowest BCUT2D eigenvalue weighted by atomic mass is 10.3. The van der Waals surface area contributed by atoms with E-state index in [-0.39, 0.29) is 0 Å². The summed E-state index contributed by atoms with van der Waals surface area (Å²) in [6, 6.07) is 1.49. The number of aromatic nitrogens is 1. The lowest BCUT2D eigenvalue weighted by Gasteiger charge is -1.90. The molecule has 0 spiro atoms. The molecule has 0 fully saturated rings. The Labute approximate surface area is 57.4 Å². The highest BCUT2D eigenvalue weighted by molar-refractivity contribution is 5.79. The second-order valence-corrected chi connectivity index (χ2v) is 1.68. The van der Waals surface area contributed by atoms with E-state index < -0.39 is 5.82 Å². The first kappa shape index (κ1) is 6.67. The number of halogens is 1. The number of pyridine rings is 1. The van der Waals surface area contributed by atoms with Crippen LogP contribution in [0.2, 0.25) is 0 Å². The number of hydrogen-bond acceptors (Lipinski definition) is 3. The van der Waals surface area contributed by atoms with Crippen LogP contribution in [0.25, 0.3) is 0 Å². The smallest absolute Gasteiger partial charge is 0.150 e. The van der Waals surface area contributed by atoms with Gasteiger partial charge in [0, 0.05) is 11.8 Å². The van der Waals surface area contributed by atoms with E-state index >= 15 is 0 Å². The normalized spacial score (nSPS) is 10.5. The molecule has 0 aliphatic carbocycles. The molecule has 1 aromatic rings. The van der Waals surface area contributed by atoms with Crippen molar-refractivity contribution in [3.8, 4) is 0 Å². The molecule has 3 nitrogen and oxygen atoms in total. The van der Waals surface area contributed by atoms with Gasteiger partial charge in [0.05, 0.1) is 12.4 Å². The summed E-state index contributed by atoms with van der Waals surface area (Å²) in [5, 5.41) is 3.17. The Hall–Kier alpha value is -1.45. The van der Waals surface area contributed by atoms with Gasteiger partial charge < -0.3 is 5.84 Å². The zero-order chi connectivity index (χ0) is 7.40. The molecule has 0 saturated heterocycles. The molecule has 4 heteroatoms. The molecule has 0 atom stereocenters. The van der Waals surface area contributed by atoms with E-state index in [9.17, 15) is 4.39 Å². The first-order valence-electron chi connectivity index (χ1n) is 2.67. The van der Waals surface area contributed by atoms with Gasteiger partial charge in [0.1, 0.15) is 5.82 Å². The molecule has 0 aliphatic rings. The molecule has 1 aromatic heterocycles. The standard InChI is InChI=1S/C6H6FN3/c7-6-4-9-2-1-5(6)3-10-8/h1-4H,8H2. The molecular weight excluding hydrogens is 133 g/mol. The molecule has 0 aromatic carbocycles. The minimum Gasteiger partial charge on any atom is -0.323 e. The molecule has 0 unspecified atom stereocenters. The third-order valence-electron chi connectivity index (χ3n) is 1.02. The Kier molecular flexibility index (Phi) is 1.94. The fourth-order valence-corrected chi connectivity index (χ4v) is 0.571. The van der Waals surface area contributed by atoms with Crippen LogP contribution in [0.1, 0.15) is 5.56 Å². The van der Waals surface area contributed by atoms with Crippen molar-refractivity contribution in [2.45, 2.75) is 0 Å². The van der Waals surface area contributed by atoms with E-state index in [1.54, 1.807) is 0 Å². The maximum atomic E-state index is 12.6. The van der Waals surface area contributed by atoms with Gasteiger partial charge in [0.2, 0.25) is 0 Å². The Balaban J connectivity index is 3.03. The van der Waals surface area contributed by atoms with E-state index in [4.69, 9.17) is 5.84 Å². The number of nitrogens with two attached hydrogens (primary N) is 1. The van der Waals surface area contributed by atoms with E-state index in [0.717, 1.165) is 6.20 Å². The maximum Gasteiger partial charge on any atom is 0.150 e. The summed E-state index contributed by atoms with van der Waals surface area (Å²) in [6.07, 6.45) is 3.81. The summed E-state index contributed by atoms with van der Waals surface area (Å²) in [6.45, 7) is 0. The molecule has 0 bridgehead atoms. The van der Waals surface area contributed by atoms with Crippen molar-refractivity contribution in [1.29, 1.82) is 0 Å². The average Bonchev–Trinajstić information content (AvgIpc) is 1.94. The number of rotatable bonds is 1. The molecule has 0 amide bonds. The molecule has 0 saturated carbocycles. The highest BCUT2D eigenvalue weighted by Crippen LogP contribution is 1.99. The molecule has 52 valence electrons. The van der Waals surface area contributed by atoms with Gasteiger partial charge in [-0.15, -0.1) is 0 Å². The Morgan fingerprint density at radius 2 is 2.50 bits per heavy atom. The molecule has 10 heavy (non-hydrogen) atoms. The summed E-state index contributed by atoms with van der Waals surface area (Å²) in [5.74, 6) is 4.39. The van der Waals surface area contributed by atoms with Crippen molar-refractivity contribution in [1.82, 2.24) is 4.98 Å². The Morgan fingerprint density at radius 1 is 1.70 bits per heavy atom. The van der Waals surface area contributed by atoms with Gasteiger partial charge in [-0.3, -0.25) is 4.98 Å². The summed E-state index contributed by atoms with van der Waals surface area (Å²) >= 11 is 0. The third kappa shape index (κ3) is 1.28. The second-order valence-electron chi connectivity index (χ2n) is 1.68. The van der Waals surface area contributed by atoms with Gasteiger partial charge in [0.25, 0.3) is 0 Å². The summed E-state index contributed by atoms with van der Waals surface area (Å²) in [7, 11) is 0. The zero-order valence-corrected chi connectivity index (χ0v) is 5.16. The monoisotopic (exact) mass is 139 g/mol. The van der Waals surface area contributed by atoms with Crippen LogP contribution in [0, 0.1) is 5.82 Å². The quantitative estimate of drug-likeness (QED) is 0.350. The first-order chi connectivity index (χ1) is 4.84. The predicted octanol–water partition coefficient (Wildman–Crippen LogP) is 0.513. The molecule has 1 rings (SSSR count). The van der Waals surface area contributed by atoms with Crippen LogP contribution >= 0.6 is 0 Å². The maximum absolute atomic E-state index is 12.6. The largest absolute Gasteiger partial charge is 0.323 e. The number of nitrogens with zero attached hydrogens (tertiary/aromatic N) is 2. The molecule has 0 aliphatic heterocycles. The van der Waals surface area contributed by atoms with Gasteiger partial charge in [-0.05, 0) is 6.07 Å². The Morgan fingerprint density at radius 3 is 3.10 bits per heavy atom. The highest BCUT2D eigenvalue weighted by Gasteiger charge is 1.94. The average molecular weight is 139 g/mol. The van der Waals surface area contributed by atoms with Crippen molar-refractivity contribution in [3.63, 3.8) is 0 Å². The van der Waals surface area contributed by atoms with Crippen LogP contribution in [-0.2, 0) is 0 Å². The van der Waals surface area contributed by atoms with Crippen LogP contribution in [0.15, 0.2) is 23.6 Å². The Bertz CT molecular complexity index is 247. The molecule has 0 radical (unpaired) electrons. The number of hydrazone groups is 1. The van der Waals surface area contributed by atoms with Gasteiger partial charge in [-0.1, -0.05) is 0 Å². The lowest BCUT2D eigenvalue weighted by molar-refractivity contribution is 0.619. The highest BCUT2D eigenvalue weighted by atomic mass is 19.1. The summed E-state index contributed by atoms with van der Waals surface area (Å²) in [4.78, 5) is 3.55. The van der Waals surface area contributed by atoms with E-state index in [1.165, 1.54) is 18.5 Å². The predicted molar refractivity (Wildman–Crippen MR) is 36.0 cm³/mol. The lowest BCUT2D eigenvalue weighted by Crippen LogP contribution is -1.91. The van der Waals surface area contributed by atoms with E-state index in [0.29, 0.717) is 5.56 Å². The van der Waals surface area contributed by atoms with Crippen LogP contribution in [0.4, 0.5) is 4.39 Å². The van der Waals surface area contributed by atoms with Gasteiger partial charge in [-0.2, -0.15) is 5.10 Å². The topological polar surface area (TPSA) is 51.3 Å². The van der Waals surface area contributed by atoms with Crippen LogP contribution < -0.4 is 5.84 Å². The molecule has 1 heterocycles. The van der Waals surface area contributed by atoms with Crippen molar-refractivity contribution >= 4 is 6.21 Å². The van der Waals surface area contributed by atoms with Crippen molar-refractivity contribution in [2.75, 3.05) is 0 Å². The van der Waals surface area contributed by atoms with E-state index in [1.807, 2.05) is 0 Å². The van der Waals surface area contributed by atoms with Crippen molar-refractivity contribution in [2.24, 2.45) is 10.9 Å². The van der Waals surface area contributed by atoms with Gasteiger partial charge in [0.15, 0.2) is 0 Å². The zero-order valence-electron chi connectivity index (χ0n) is 5.16. The second kappa shape index (κ2) is 2.91. The van der Waals surface area contributed by atoms with Crippen molar-refractivity contribution in [3.05, 3.63) is 29.8 Å². The van der Waals surface area contributed by atoms with Crippen LogP contribution in [-0.4, -0.2) is 11.2 Å². The molecule has 2 N–H and O–H groups in total.